The number of nitrogens with two attached hydrogens (primary N) is 1. The predicted octanol–water partition coefficient (Wildman–Crippen LogP) is 2.15. The van der Waals surface area contributed by atoms with E-state index in [1.54, 1.807) is 0 Å². The number of anilines is 2. The highest BCUT2D eigenvalue weighted by atomic mass is 32.1. The molecule has 1 aliphatic rings. The first-order valence-electron chi connectivity index (χ1n) is 6.58. The molecule has 6 heteroatoms. The zero-order valence-corrected chi connectivity index (χ0v) is 12.1. The molecule has 2 heterocycles. The van der Waals surface area contributed by atoms with E-state index < -0.39 is 0 Å². The number of rotatable bonds is 4. The van der Waals surface area contributed by atoms with Crippen molar-refractivity contribution >= 4 is 22.0 Å². The van der Waals surface area contributed by atoms with Crippen LogP contribution in [-0.4, -0.2) is 25.2 Å². The summed E-state index contributed by atoms with van der Waals surface area (Å²) in [6, 6.07) is 2.54. The van der Waals surface area contributed by atoms with Gasteiger partial charge < -0.3 is 21.1 Å². The summed E-state index contributed by atoms with van der Waals surface area (Å²) in [6.45, 7) is 5.95. The summed E-state index contributed by atoms with van der Waals surface area (Å²) in [5.74, 6) is 0.634. The van der Waals surface area contributed by atoms with E-state index in [-0.39, 0.29) is 6.10 Å². The van der Waals surface area contributed by atoms with Gasteiger partial charge in [-0.2, -0.15) is 5.26 Å². The van der Waals surface area contributed by atoms with Crippen molar-refractivity contribution in [2.75, 3.05) is 24.1 Å². The molecule has 0 spiro atoms. The highest BCUT2D eigenvalue weighted by Crippen LogP contribution is 2.43. The molecule has 0 saturated carbocycles. The van der Waals surface area contributed by atoms with Gasteiger partial charge in [-0.25, -0.2) is 0 Å². The molecule has 2 rings (SSSR count). The number of nitrogens with one attached hydrogen (secondary N) is 2. The zero-order chi connectivity index (χ0) is 13.8. The predicted molar refractivity (Wildman–Crippen MR) is 78.7 cm³/mol. The number of ether oxygens (including phenoxy) is 1. The maximum atomic E-state index is 9.08. The molecular weight excluding hydrogens is 260 g/mol. The lowest BCUT2D eigenvalue weighted by molar-refractivity contribution is 0.245. The van der Waals surface area contributed by atoms with Gasteiger partial charge in [0.2, 0.25) is 0 Å². The van der Waals surface area contributed by atoms with Crippen LogP contribution in [0.3, 0.4) is 0 Å². The lowest BCUT2D eigenvalue weighted by Gasteiger charge is -2.24. The van der Waals surface area contributed by atoms with Gasteiger partial charge in [-0.1, -0.05) is 0 Å². The van der Waals surface area contributed by atoms with Crippen molar-refractivity contribution in [1.82, 2.24) is 5.32 Å². The molecule has 1 saturated heterocycles. The summed E-state index contributed by atoms with van der Waals surface area (Å²) in [4.78, 5) is 0.520. The highest BCUT2D eigenvalue weighted by molar-refractivity contribution is 7.17. The number of hydrogen-bond donors (Lipinski definition) is 3. The average Bonchev–Trinajstić information content (AvgIpc) is 2.68. The molecule has 1 aromatic heterocycles. The Hall–Kier alpha value is -1.45. The van der Waals surface area contributed by atoms with E-state index in [0.29, 0.717) is 22.4 Å². The molecule has 0 atom stereocenters. The summed E-state index contributed by atoms with van der Waals surface area (Å²) in [7, 11) is 0. The minimum Gasteiger partial charge on any atom is -0.486 e. The van der Waals surface area contributed by atoms with Crippen LogP contribution in [0.15, 0.2) is 0 Å². The summed E-state index contributed by atoms with van der Waals surface area (Å²) in [5, 5.41) is 16.8. The van der Waals surface area contributed by atoms with Crippen LogP contribution in [0.1, 0.15) is 31.6 Å². The van der Waals surface area contributed by atoms with Gasteiger partial charge in [-0.15, -0.1) is 11.3 Å². The van der Waals surface area contributed by atoms with Crippen LogP contribution >= 0.6 is 11.3 Å². The van der Waals surface area contributed by atoms with E-state index in [0.717, 1.165) is 30.9 Å². The van der Waals surface area contributed by atoms with E-state index in [1.807, 2.05) is 13.8 Å². The van der Waals surface area contributed by atoms with Crippen molar-refractivity contribution in [3.05, 3.63) is 4.88 Å². The summed E-state index contributed by atoms with van der Waals surface area (Å²) >= 11 is 1.38. The Labute approximate surface area is 117 Å². The number of nitrogens with zero attached hydrogens (tertiary/aromatic N) is 1. The number of hydrogen-bond acceptors (Lipinski definition) is 6. The van der Waals surface area contributed by atoms with Gasteiger partial charge in [0.05, 0.1) is 6.10 Å². The molecule has 104 valence electrons. The molecule has 19 heavy (non-hydrogen) atoms. The van der Waals surface area contributed by atoms with Crippen molar-refractivity contribution < 1.29 is 4.74 Å². The van der Waals surface area contributed by atoms with Crippen molar-refractivity contribution in [1.29, 1.82) is 5.26 Å². The number of nitriles is 1. The fraction of sp³-hybridized carbons (Fsp3) is 0.615. The first-order valence-corrected chi connectivity index (χ1v) is 7.39. The zero-order valence-electron chi connectivity index (χ0n) is 11.3. The number of nitrogen functional groups attached to an aromatic ring is 1. The number of thiophene rings is 1. The van der Waals surface area contributed by atoms with Crippen LogP contribution in [0.25, 0.3) is 0 Å². The van der Waals surface area contributed by atoms with Crippen molar-refractivity contribution in [2.45, 2.75) is 38.8 Å². The van der Waals surface area contributed by atoms with Crippen LogP contribution in [0.2, 0.25) is 0 Å². The third-order valence-corrected chi connectivity index (χ3v) is 4.05. The standard InChI is InChI=1S/C13H20N4OS/c1-8(2)18-12-11(15)10(7-14)19-13(12)17-9-3-5-16-6-4-9/h8-9,16-17H,3-6,15H2,1-2H3. The Bertz CT molecular complexity index is 472. The Morgan fingerprint density at radius 3 is 2.74 bits per heavy atom. The average molecular weight is 280 g/mol. The van der Waals surface area contributed by atoms with Gasteiger partial charge in [0.15, 0.2) is 5.75 Å². The summed E-state index contributed by atoms with van der Waals surface area (Å²) in [6.07, 6.45) is 2.18. The normalized spacial score (nSPS) is 16.3. The van der Waals surface area contributed by atoms with Gasteiger partial charge in [0.25, 0.3) is 0 Å². The minimum atomic E-state index is 0.0389. The third kappa shape index (κ3) is 3.31. The van der Waals surface area contributed by atoms with Crippen LogP contribution in [0, 0.1) is 11.3 Å². The van der Waals surface area contributed by atoms with Gasteiger partial charge in [0, 0.05) is 6.04 Å². The van der Waals surface area contributed by atoms with Crippen molar-refractivity contribution in [3.8, 4) is 11.8 Å². The molecule has 1 aromatic rings. The lowest BCUT2D eigenvalue weighted by atomic mass is 10.1. The Morgan fingerprint density at radius 1 is 1.47 bits per heavy atom. The van der Waals surface area contributed by atoms with Gasteiger partial charge in [-0.3, -0.25) is 0 Å². The molecule has 0 aliphatic carbocycles. The summed E-state index contributed by atoms with van der Waals surface area (Å²) < 4.78 is 5.76. The molecule has 1 fully saturated rings. The van der Waals surface area contributed by atoms with E-state index in [9.17, 15) is 0 Å². The Morgan fingerprint density at radius 2 is 2.16 bits per heavy atom. The monoisotopic (exact) mass is 280 g/mol. The largest absolute Gasteiger partial charge is 0.486 e. The fourth-order valence-electron chi connectivity index (χ4n) is 2.11. The second-order valence-corrected chi connectivity index (χ2v) is 5.97. The maximum Gasteiger partial charge on any atom is 0.178 e. The molecule has 0 radical (unpaired) electrons. The van der Waals surface area contributed by atoms with Gasteiger partial charge in [-0.05, 0) is 39.8 Å². The van der Waals surface area contributed by atoms with Crippen molar-refractivity contribution in [2.24, 2.45) is 0 Å². The second kappa shape index (κ2) is 6.13. The lowest BCUT2D eigenvalue weighted by Crippen LogP contribution is -2.35. The van der Waals surface area contributed by atoms with Crippen LogP contribution in [0.4, 0.5) is 10.7 Å². The van der Waals surface area contributed by atoms with E-state index >= 15 is 0 Å². The fourth-order valence-corrected chi connectivity index (χ4v) is 3.04. The van der Waals surface area contributed by atoms with Crippen LogP contribution < -0.4 is 21.1 Å². The first kappa shape index (κ1) is 14.0. The molecule has 0 aromatic carbocycles. The van der Waals surface area contributed by atoms with Crippen molar-refractivity contribution in [3.63, 3.8) is 0 Å². The molecule has 0 amide bonds. The number of piperidine rings is 1. The molecule has 4 N–H and O–H groups in total. The van der Waals surface area contributed by atoms with Gasteiger partial charge >= 0.3 is 0 Å². The third-order valence-electron chi connectivity index (χ3n) is 3.03. The van der Waals surface area contributed by atoms with E-state index in [4.69, 9.17) is 15.7 Å². The molecular formula is C13H20N4OS. The SMILES string of the molecule is CC(C)Oc1c(NC2CCNCC2)sc(C#N)c1N. The van der Waals surface area contributed by atoms with Gasteiger partial charge in [0.1, 0.15) is 21.6 Å². The van der Waals surface area contributed by atoms with E-state index in [1.165, 1.54) is 11.3 Å². The molecule has 1 aliphatic heterocycles. The molecule has 0 bridgehead atoms. The second-order valence-electron chi connectivity index (χ2n) is 4.95. The molecule has 5 nitrogen and oxygen atoms in total. The quantitative estimate of drug-likeness (QED) is 0.787. The van der Waals surface area contributed by atoms with E-state index in [2.05, 4.69) is 16.7 Å². The van der Waals surface area contributed by atoms with Crippen LogP contribution in [0.5, 0.6) is 5.75 Å². The maximum absolute atomic E-state index is 9.08. The first-order chi connectivity index (χ1) is 9.11. The Balaban J connectivity index is 2.20. The topological polar surface area (TPSA) is 83.1 Å². The minimum absolute atomic E-state index is 0.0389. The highest BCUT2D eigenvalue weighted by Gasteiger charge is 2.21. The van der Waals surface area contributed by atoms with Crippen LogP contribution in [-0.2, 0) is 0 Å². The molecule has 0 unspecified atom stereocenters. The smallest absolute Gasteiger partial charge is 0.178 e. The Kier molecular flexibility index (Phi) is 4.51. The summed E-state index contributed by atoms with van der Waals surface area (Å²) in [5.41, 5.74) is 6.43.